The maximum Gasteiger partial charge on any atom is 0.262 e. The number of carbonyl (C=O) groups excluding carboxylic acids is 1. The predicted molar refractivity (Wildman–Crippen MR) is 107 cm³/mol. The summed E-state index contributed by atoms with van der Waals surface area (Å²) < 4.78 is 3.38. The molecule has 0 aliphatic rings. The van der Waals surface area contributed by atoms with Crippen molar-refractivity contribution in [3.63, 3.8) is 0 Å². The number of benzene rings is 1. The third-order valence-corrected chi connectivity index (χ3v) is 5.49. The smallest absolute Gasteiger partial charge is 0.262 e. The van der Waals surface area contributed by atoms with E-state index in [-0.39, 0.29) is 18.0 Å². The first-order valence-electron chi connectivity index (χ1n) is 8.67. The van der Waals surface area contributed by atoms with Gasteiger partial charge in [-0.1, -0.05) is 6.92 Å². The maximum absolute atomic E-state index is 12.5. The van der Waals surface area contributed by atoms with Crippen molar-refractivity contribution in [3.05, 3.63) is 51.6 Å². The molecule has 3 aromatic heterocycles. The summed E-state index contributed by atoms with van der Waals surface area (Å²) in [5.74, 6) is 0.710. The van der Waals surface area contributed by atoms with Gasteiger partial charge in [0.05, 0.1) is 22.7 Å². The van der Waals surface area contributed by atoms with E-state index in [0.717, 1.165) is 28.2 Å². The number of rotatable bonds is 4. The zero-order valence-electron chi connectivity index (χ0n) is 15.3. The molecule has 1 aromatic carbocycles. The normalized spacial score (nSPS) is 11.4. The van der Waals surface area contributed by atoms with Gasteiger partial charge in [0.25, 0.3) is 5.56 Å². The molecule has 0 aliphatic carbocycles. The molecule has 7 nitrogen and oxygen atoms in total. The van der Waals surface area contributed by atoms with E-state index in [1.54, 1.807) is 0 Å². The van der Waals surface area contributed by atoms with Crippen LogP contribution >= 0.6 is 11.3 Å². The molecule has 0 bridgehead atoms. The highest BCUT2D eigenvalue weighted by Crippen LogP contribution is 2.21. The van der Waals surface area contributed by atoms with Gasteiger partial charge in [0.1, 0.15) is 17.2 Å². The van der Waals surface area contributed by atoms with Crippen LogP contribution < -0.4 is 10.9 Å². The minimum Gasteiger partial charge on any atom is -0.331 e. The molecule has 0 fully saturated rings. The monoisotopic (exact) mass is 381 g/mol. The predicted octanol–water partition coefficient (Wildman–Crippen LogP) is 2.85. The van der Waals surface area contributed by atoms with Gasteiger partial charge in [0.2, 0.25) is 5.91 Å². The average Bonchev–Trinajstić information content (AvgIpc) is 3.17. The Morgan fingerprint density at radius 3 is 2.89 bits per heavy atom. The summed E-state index contributed by atoms with van der Waals surface area (Å²) >= 11 is 1.47. The number of aryl methyl sites for hydroxylation is 3. The van der Waals surface area contributed by atoms with E-state index in [4.69, 9.17) is 0 Å². The van der Waals surface area contributed by atoms with Crippen molar-refractivity contribution in [1.82, 2.24) is 19.1 Å². The summed E-state index contributed by atoms with van der Waals surface area (Å²) in [5.41, 5.74) is 2.30. The fourth-order valence-corrected chi connectivity index (χ4v) is 4.03. The Bertz CT molecular complexity index is 1230. The van der Waals surface area contributed by atoms with Crippen molar-refractivity contribution in [3.8, 4) is 0 Å². The number of thiophene rings is 1. The lowest BCUT2D eigenvalue weighted by Gasteiger charge is -2.07. The molecule has 1 N–H and O–H groups in total. The molecule has 3 heterocycles. The highest BCUT2D eigenvalue weighted by atomic mass is 32.1. The van der Waals surface area contributed by atoms with Gasteiger partial charge < -0.3 is 9.88 Å². The maximum atomic E-state index is 12.5. The van der Waals surface area contributed by atoms with Crippen LogP contribution in [0.4, 0.5) is 5.69 Å². The minimum absolute atomic E-state index is 0.0862. The molecule has 4 aromatic rings. The largest absolute Gasteiger partial charge is 0.331 e. The van der Waals surface area contributed by atoms with E-state index in [0.29, 0.717) is 15.9 Å². The Labute approximate surface area is 159 Å². The number of imidazole rings is 1. The zero-order chi connectivity index (χ0) is 19.1. The lowest BCUT2D eigenvalue weighted by molar-refractivity contribution is -0.116. The zero-order valence-corrected chi connectivity index (χ0v) is 16.1. The molecular formula is C19H19N5O2S. The number of hydrogen-bond donors (Lipinski definition) is 1. The number of nitrogens with zero attached hydrogens (tertiary/aromatic N) is 4. The summed E-state index contributed by atoms with van der Waals surface area (Å²) in [5, 5.41) is 3.39. The van der Waals surface area contributed by atoms with Gasteiger partial charge in [-0.25, -0.2) is 9.97 Å². The number of hydrogen-bond acceptors (Lipinski definition) is 5. The summed E-state index contributed by atoms with van der Waals surface area (Å²) in [6.07, 6.45) is 2.27. The molecule has 0 spiro atoms. The van der Waals surface area contributed by atoms with Crippen LogP contribution in [0.15, 0.2) is 35.4 Å². The van der Waals surface area contributed by atoms with E-state index in [9.17, 15) is 9.59 Å². The fourth-order valence-electron chi connectivity index (χ4n) is 3.19. The third kappa shape index (κ3) is 3.12. The Balaban J connectivity index is 1.56. The van der Waals surface area contributed by atoms with Crippen molar-refractivity contribution >= 4 is 44.2 Å². The molecule has 0 aliphatic heterocycles. The quantitative estimate of drug-likeness (QED) is 0.589. The van der Waals surface area contributed by atoms with Crippen molar-refractivity contribution < 1.29 is 4.79 Å². The number of carbonyl (C=O) groups is 1. The van der Waals surface area contributed by atoms with Gasteiger partial charge in [-0.3, -0.25) is 14.2 Å². The van der Waals surface area contributed by atoms with E-state index < -0.39 is 0 Å². The molecule has 0 saturated carbocycles. The lowest BCUT2D eigenvalue weighted by atomic mass is 10.2. The molecule has 1 amide bonds. The van der Waals surface area contributed by atoms with Crippen molar-refractivity contribution in [2.75, 3.05) is 5.32 Å². The topological polar surface area (TPSA) is 81.8 Å². The number of amides is 1. The van der Waals surface area contributed by atoms with Gasteiger partial charge in [-0.05, 0) is 31.2 Å². The van der Waals surface area contributed by atoms with Crippen LogP contribution in [0.2, 0.25) is 0 Å². The third-order valence-electron chi connectivity index (χ3n) is 4.53. The summed E-state index contributed by atoms with van der Waals surface area (Å²) in [4.78, 5) is 35.5. The lowest BCUT2D eigenvalue weighted by Crippen LogP contribution is -2.27. The summed E-state index contributed by atoms with van der Waals surface area (Å²) in [7, 11) is 1.98. The van der Waals surface area contributed by atoms with Crippen LogP contribution in [-0.4, -0.2) is 25.0 Å². The van der Waals surface area contributed by atoms with Crippen molar-refractivity contribution in [2.24, 2.45) is 7.05 Å². The van der Waals surface area contributed by atoms with Crippen LogP contribution in [0.5, 0.6) is 0 Å². The van der Waals surface area contributed by atoms with Gasteiger partial charge in [0, 0.05) is 24.0 Å². The summed E-state index contributed by atoms with van der Waals surface area (Å²) in [6, 6.07) is 7.43. The average molecular weight is 381 g/mol. The van der Waals surface area contributed by atoms with Crippen molar-refractivity contribution in [2.45, 2.75) is 26.8 Å². The van der Waals surface area contributed by atoms with Crippen LogP contribution in [0.25, 0.3) is 21.3 Å². The minimum atomic E-state index is -0.281. The van der Waals surface area contributed by atoms with Crippen LogP contribution in [-0.2, 0) is 24.8 Å². The van der Waals surface area contributed by atoms with Crippen LogP contribution in [0.3, 0.4) is 0 Å². The van der Waals surface area contributed by atoms with Crippen LogP contribution in [0.1, 0.15) is 17.6 Å². The molecule has 4 rings (SSSR count). The molecule has 27 heavy (non-hydrogen) atoms. The number of aromatic nitrogens is 4. The first kappa shape index (κ1) is 17.4. The second-order valence-electron chi connectivity index (χ2n) is 6.45. The molecule has 8 heteroatoms. The van der Waals surface area contributed by atoms with E-state index >= 15 is 0 Å². The molecular weight excluding hydrogens is 362 g/mol. The van der Waals surface area contributed by atoms with E-state index in [1.807, 2.05) is 42.8 Å². The SMILES string of the molecule is CCc1nc2cc(NC(=O)Cn3cnc4sc(C)cc4c3=O)ccc2n1C. The number of anilines is 1. The van der Waals surface area contributed by atoms with E-state index in [2.05, 4.69) is 22.2 Å². The first-order chi connectivity index (χ1) is 13.0. The van der Waals surface area contributed by atoms with Crippen LogP contribution in [0, 0.1) is 6.92 Å². The molecule has 0 radical (unpaired) electrons. The van der Waals surface area contributed by atoms with Gasteiger partial charge in [-0.2, -0.15) is 0 Å². The Hall–Kier alpha value is -3.00. The Morgan fingerprint density at radius 2 is 2.11 bits per heavy atom. The first-order valence-corrected chi connectivity index (χ1v) is 9.48. The molecule has 138 valence electrons. The molecule has 0 saturated heterocycles. The number of fused-ring (bicyclic) bond motifs is 2. The summed E-state index contributed by atoms with van der Waals surface area (Å²) in [6.45, 7) is 3.90. The fraction of sp³-hybridized carbons (Fsp3) is 0.263. The number of nitrogens with one attached hydrogen (secondary N) is 1. The van der Waals surface area contributed by atoms with Crippen molar-refractivity contribution in [1.29, 1.82) is 0 Å². The highest BCUT2D eigenvalue weighted by molar-refractivity contribution is 7.18. The van der Waals surface area contributed by atoms with Gasteiger partial charge in [-0.15, -0.1) is 11.3 Å². The van der Waals surface area contributed by atoms with Gasteiger partial charge >= 0.3 is 0 Å². The molecule has 0 unspecified atom stereocenters. The van der Waals surface area contributed by atoms with E-state index in [1.165, 1.54) is 22.2 Å². The second-order valence-corrected chi connectivity index (χ2v) is 7.68. The highest BCUT2D eigenvalue weighted by Gasteiger charge is 2.12. The van der Waals surface area contributed by atoms with Gasteiger partial charge in [0.15, 0.2) is 0 Å². The molecule has 0 atom stereocenters. The standard InChI is InChI=1S/C19H19N5O2S/c1-4-16-22-14-8-12(5-6-15(14)23(16)3)21-17(25)9-24-10-20-18-13(19(24)26)7-11(2)27-18/h5-8,10H,4,9H2,1-3H3,(H,21,25). The Kier molecular flexibility index (Phi) is 4.27. The Morgan fingerprint density at radius 1 is 1.30 bits per heavy atom. The second kappa shape index (κ2) is 6.62.